The van der Waals surface area contributed by atoms with Crippen molar-refractivity contribution in [2.75, 3.05) is 24.5 Å². The van der Waals surface area contributed by atoms with E-state index in [2.05, 4.69) is 4.90 Å². The van der Waals surface area contributed by atoms with Gasteiger partial charge in [0, 0.05) is 36.9 Å². The molecule has 2 aliphatic rings. The van der Waals surface area contributed by atoms with Gasteiger partial charge in [0.05, 0.1) is 5.92 Å². The molecular formula is C19H26N2O3. The summed E-state index contributed by atoms with van der Waals surface area (Å²) < 4.78 is 0. The van der Waals surface area contributed by atoms with E-state index in [1.54, 1.807) is 4.90 Å². The monoisotopic (exact) mass is 330 g/mol. The van der Waals surface area contributed by atoms with Crippen LogP contribution in [0.5, 0.6) is 0 Å². The Morgan fingerprint density at radius 3 is 2.33 bits per heavy atom. The second-order valence-electron chi connectivity index (χ2n) is 7.01. The number of likely N-dealkylation sites (tertiary alicyclic amines) is 1. The molecular weight excluding hydrogens is 304 g/mol. The Bertz CT molecular complexity index is 593. The van der Waals surface area contributed by atoms with Crippen LogP contribution in [0.4, 0.5) is 5.69 Å². The van der Waals surface area contributed by atoms with Crippen molar-refractivity contribution in [2.24, 2.45) is 5.92 Å². The van der Waals surface area contributed by atoms with Gasteiger partial charge in [-0.3, -0.25) is 9.59 Å². The molecule has 2 fully saturated rings. The van der Waals surface area contributed by atoms with Crippen LogP contribution in [0.15, 0.2) is 24.3 Å². The highest BCUT2D eigenvalue weighted by Crippen LogP contribution is 2.25. The standard InChI is InChI=1S/C19H26N2O3/c1-14-5-6-16(19(23)24)13-21(14)18(22)15-7-9-17(10-8-15)20-11-3-2-4-12-20/h7-10,14,16H,2-6,11-13H2,1H3,(H,23,24). The summed E-state index contributed by atoms with van der Waals surface area (Å²) in [6.45, 7) is 4.47. The highest BCUT2D eigenvalue weighted by atomic mass is 16.4. The van der Waals surface area contributed by atoms with Crippen molar-refractivity contribution >= 4 is 17.6 Å². The van der Waals surface area contributed by atoms with Gasteiger partial charge in [0.2, 0.25) is 0 Å². The third kappa shape index (κ3) is 3.55. The van der Waals surface area contributed by atoms with Gasteiger partial charge in [0.1, 0.15) is 0 Å². The second kappa shape index (κ2) is 7.24. The van der Waals surface area contributed by atoms with E-state index in [-0.39, 0.29) is 11.9 Å². The van der Waals surface area contributed by atoms with E-state index in [4.69, 9.17) is 0 Å². The highest BCUT2D eigenvalue weighted by Gasteiger charge is 2.32. The number of aliphatic carboxylic acids is 1. The molecule has 0 radical (unpaired) electrons. The van der Waals surface area contributed by atoms with Gasteiger partial charge in [-0.05, 0) is 63.3 Å². The molecule has 2 heterocycles. The predicted molar refractivity (Wildman–Crippen MR) is 93.4 cm³/mol. The largest absolute Gasteiger partial charge is 0.481 e. The number of carboxylic acid groups (broad SMARTS) is 1. The van der Waals surface area contributed by atoms with E-state index in [0.717, 1.165) is 19.5 Å². The van der Waals surface area contributed by atoms with Crippen molar-refractivity contribution in [3.63, 3.8) is 0 Å². The number of benzene rings is 1. The molecule has 0 saturated carbocycles. The smallest absolute Gasteiger partial charge is 0.308 e. The number of nitrogens with zero attached hydrogens (tertiary/aromatic N) is 2. The molecule has 1 N–H and O–H groups in total. The van der Waals surface area contributed by atoms with Crippen molar-refractivity contribution in [2.45, 2.75) is 45.1 Å². The van der Waals surface area contributed by atoms with E-state index in [0.29, 0.717) is 18.5 Å². The van der Waals surface area contributed by atoms with Crippen LogP contribution in [-0.2, 0) is 4.79 Å². The third-order valence-electron chi connectivity index (χ3n) is 5.33. The topological polar surface area (TPSA) is 60.9 Å². The van der Waals surface area contributed by atoms with E-state index >= 15 is 0 Å². The first-order valence-corrected chi connectivity index (χ1v) is 8.95. The summed E-state index contributed by atoms with van der Waals surface area (Å²) in [4.78, 5) is 28.1. The van der Waals surface area contributed by atoms with Crippen molar-refractivity contribution in [3.8, 4) is 0 Å². The Kier molecular flexibility index (Phi) is 5.07. The zero-order valence-corrected chi connectivity index (χ0v) is 14.3. The molecule has 2 unspecified atom stereocenters. The Hall–Kier alpha value is -2.04. The lowest BCUT2D eigenvalue weighted by atomic mass is 9.93. The summed E-state index contributed by atoms with van der Waals surface area (Å²) in [5.41, 5.74) is 1.81. The van der Waals surface area contributed by atoms with E-state index in [1.807, 2.05) is 31.2 Å². The van der Waals surface area contributed by atoms with Crippen LogP contribution in [0, 0.1) is 5.92 Å². The average Bonchev–Trinajstić information content (AvgIpc) is 2.62. The fourth-order valence-corrected chi connectivity index (χ4v) is 3.72. The summed E-state index contributed by atoms with van der Waals surface area (Å²) in [7, 11) is 0. The normalized spacial score (nSPS) is 24.7. The van der Waals surface area contributed by atoms with Gasteiger partial charge in [0.15, 0.2) is 0 Å². The summed E-state index contributed by atoms with van der Waals surface area (Å²) in [6, 6.07) is 7.88. The first-order valence-electron chi connectivity index (χ1n) is 8.95. The maximum Gasteiger partial charge on any atom is 0.308 e. The Labute approximate surface area is 143 Å². The highest BCUT2D eigenvalue weighted by molar-refractivity contribution is 5.95. The molecule has 24 heavy (non-hydrogen) atoms. The van der Waals surface area contributed by atoms with Crippen LogP contribution >= 0.6 is 0 Å². The molecule has 5 nitrogen and oxygen atoms in total. The number of carbonyl (C=O) groups is 2. The van der Waals surface area contributed by atoms with Crippen molar-refractivity contribution in [1.29, 1.82) is 0 Å². The minimum absolute atomic E-state index is 0.0568. The molecule has 1 amide bonds. The third-order valence-corrected chi connectivity index (χ3v) is 5.33. The summed E-state index contributed by atoms with van der Waals surface area (Å²) in [5.74, 6) is -1.31. The van der Waals surface area contributed by atoms with E-state index < -0.39 is 11.9 Å². The molecule has 0 bridgehead atoms. The van der Waals surface area contributed by atoms with Crippen LogP contribution in [0.3, 0.4) is 0 Å². The van der Waals surface area contributed by atoms with Gasteiger partial charge >= 0.3 is 5.97 Å². The number of rotatable bonds is 3. The van der Waals surface area contributed by atoms with Gasteiger partial charge < -0.3 is 14.9 Å². The van der Waals surface area contributed by atoms with Gasteiger partial charge in [-0.2, -0.15) is 0 Å². The first kappa shape index (κ1) is 16.8. The van der Waals surface area contributed by atoms with Gasteiger partial charge in [-0.15, -0.1) is 0 Å². The van der Waals surface area contributed by atoms with Crippen molar-refractivity contribution < 1.29 is 14.7 Å². The summed E-state index contributed by atoms with van der Waals surface area (Å²) in [6.07, 6.45) is 5.14. The molecule has 2 aliphatic heterocycles. The number of hydrogen-bond acceptors (Lipinski definition) is 3. The lowest BCUT2D eigenvalue weighted by Gasteiger charge is -2.36. The quantitative estimate of drug-likeness (QED) is 0.925. The maximum atomic E-state index is 12.8. The SMILES string of the molecule is CC1CCC(C(=O)O)CN1C(=O)c1ccc(N2CCCCC2)cc1. The van der Waals surface area contributed by atoms with Crippen LogP contribution in [-0.4, -0.2) is 47.6 Å². The molecule has 1 aromatic carbocycles. The number of piperidine rings is 2. The number of anilines is 1. The van der Waals surface area contributed by atoms with Gasteiger partial charge in [-0.25, -0.2) is 0 Å². The zero-order valence-electron chi connectivity index (χ0n) is 14.3. The second-order valence-corrected chi connectivity index (χ2v) is 7.01. The molecule has 0 aliphatic carbocycles. The van der Waals surface area contributed by atoms with Crippen molar-refractivity contribution in [1.82, 2.24) is 4.90 Å². The summed E-state index contributed by atoms with van der Waals surface area (Å²) in [5, 5.41) is 9.23. The molecule has 0 spiro atoms. The molecule has 1 aromatic rings. The molecule has 5 heteroatoms. The fourth-order valence-electron chi connectivity index (χ4n) is 3.72. The molecule has 2 atom stereocenters. The number of carboxylic acids is 1. The minimum atomic E-state index is -0.805. The van der Waals surface area contributed by atoms with Gasteiger partial charge in [-0.1, -0.05) is 0 Å². The van der Waals surface area contributed by atoms with E-state index in [1.165, 1.54) is 24.9 Å². The molecule has 0 aromatic heterocycles. The summed E-state index contributed by atoms with van der Waals surface area (Å²) >= 11 is 0. The molecule has 3 rings (SSSR count). The lowest BCUT2D eigenvalue weighted by molar-refractivity contribution is -0.143. The zero-order chi connectivity index (χ0) is 17.1. The number of amides is 1. The number of hydrogen-bond donors (Lipinski definition) is 1. The van der Waals surface area contributed by atoms with E-state index in [9.17, 15) is 14.7 Å². The van der Waals surface area contributed by atoms with Crippen LogP contribution in [0.1, 0.15) is 49.4 Å². The van der Waals surface area contributed by atoms with Gasteiger partial charge in [0.25, 0.3) is 5.91 Å². The van der Waals surface area contributed by atoms with Crippen LogP contribution in [0.2, 0.25) is 0 Å². The van der Waals surface area contributed by atoms with Crippen molar-refractivity contribution in [3.05, 3.63) is 29.8 Å². The maximum absolute atomic E-state index is 12.8. The Morgan fingerprint density at radius 1 is 1.04 bits per heavy atom. The Morgan fingerprint density at radius 2 is 1.71 bits per heavy atom. The van der Waals surface area contributed by atoms with Crippen LogP contribution in [0.25, 0.3) is 0 Å². The first-order chi connectivity index (χ1) is 11.6. The minimum Gasteiger partial charge on any atom is -0.481 e. The predicted octanol–water partition coefficient (Wildman–Crippen LogP) is 3.00. The van der Waals surface area contributed by atoms with Crippen LogP contribution < -0.4 is 4.90 Å². The number of carbonyl (C=O) groups excluding carboxylic acids is 1. The molecule has 2 saturated heterocycles. The average molecular weight is 330 g/mol. The fraction of sp³-hybridized carbons (Fsp3) is 0.579. The molecule has 130 valence electrons. The lowest BCUT2D eigenvalue weighted by Crippen LogP contribution is -2.47. The Balaban J connectivity index is 1.70.